The minimum atomic E-state index is -4.68. The molecule has 0 unspecified atom stereocenters. The Morgan fingerprint density at radius 1 is 1.25 bits per heavy atom. The molecule has 1 aromatic rings. The molecule has 16 heavy (non-hydrogen) atoms. The Morgan fingerprint density at radius 3 is 2.25 bits per heavy atom. The number of hydrogen-bond donors (Lipinski definition) is 0. The molecule has 1 rings (SSSR count). The van der Waals surface area contributed by atoms with Crippen molar-refractivity contribution < 1.29 is 22.7 Å². The molecule has 0 heterocycles. The molecule has 0 bridgehead atoms. The molecule has 0 fully saturated rings. The van der Waals surface area contributed by atoms with Crippen LogP contribution in [0, 0.1) is 0 Å². The second-order valence-corrected chi connectivity index (χ2v) is 3.06. The van der Waals surface area contributed by atoms with Gasteiger partial charge in [-0.2, -0.15) is 0 Å². The molecule has 2 nitrogen and oxygen atoms in total. The van der Waals surface area contributed by atoms with Gasteiger partial charge in [-0.15, -0.1) is 13.2 Å². The summed E-state index contributed by atoms with van der Waals surface area (Å²) in [6.45, 7) is 1.39. The Hall–Kier alpha value is -1.78. The number of alkyl halides is 3. The minimum Gasteiger partial charge on any atom is -0.406 e. The predicted octanol–water partition coefficient (Wildman–Crippen LogP) is 3.19. The van der Waals surface area contributed by atoms with Crippen LogP contribution in [0.5, 0.6) is 5.75 Å². The number of ketones is 1. The maximum atomic E-state index is 11.8. The third kappa shape index (κ3) is 4.63. The van der Waals surface area contributed by atoms with Crippen LogP contribution in [0.3, 0.4) is 0 Å². The third-order valence-corrected chi connectivity index (χ3v) is 1.62. The van der Waals surface area contributed by atoms with Gasteiger partial charge >= 0.3 is 6.36 Å². The van der Waals surface area contributed by atoms with Crippen molar-refractivity contribution in [1.29, 1.82) is 0 Å². The highest BCUT2D eigenvalue weighted by atomic mass is 19.4. The first-order valence-corrected chi connectivity index (χ1v) is 4.41. The van der Waals surface area contributed by atoms with Gasteiger partial charge in [-0.25, -0.2) is 0 Å². The van der Waals surface area contributed by atoms with Gasteiger partial charge in [-0.3, -0.25) is 4.79 Å². The molecule has 0 saturated heterocycles. The Morgan fingerprint density at radius 2 is 1.81 bits per heavy atom. The van der Waals surface area contributed by atoms with Crippen LogP contribution >= 0.6 is 0 Å². The Labute approximate surface area is 90.3 Å². The molecule has 0 aliphatic rings. The van der Waals surface area contributed by atoms with Gasteiger partial charge in [-0.1, -0.05) is 18.2 Å². The summed E-state index contributed by atoms with van der Waals surface area (Å²) in [7, 11) is 0. The number of carbonyl (C=O) groups excluding carboxylic acids is 1. The van der Waals surface area contributed by atoms with Crippen molar-refractivity contribution in [2.24, 2.45) is 0 Å². The monoisotopic (exact) mass is 230 g/mol. The SMILES string of the molecule is CC(=O)C=Cc1ccc(OC(F)(F)F)cc1. The Balaban J connectivity index is 2.72. The number of rotatable bonds is 3. The Kier molecular flexibility index (Phi) is 3.71. The predicted molar refractivity (Wildman–Crippen MR) is 52.8 cm³/mol. The summed E-state index contributed by atoms with van der Waals surface area (Å²) in [6.07, 6.45) is -1.84. The number of carbonyl (C=O) groups is 1. The lowest BCUT2D eigenvalue weighted by Gasteiger charge is -2.08. The van der Waals surface area contributed by atoms with Gasteiger partial charge in [0.05, 0.1) is 0 Å². The van der Waals surface area contributed by atoms with E-state index in [1.807, 2.05) is 0 Å². The van der Waals surface area contributed by atoms with Gasteiger partial charge in [0.2, 0.25) is 0 Å². The fourth-order valence-corrected chi connectivity index (χ4v) is 0.994. The van der Waals surface area contributed by atoms with E-state index in [1.54, 1.807) is 0 Å². The van der Waals surface area contributed by atoms with Gasteiger partial charge < -0.3 is 4.74 Å². The fraction of sp³-hybridized carbons (Fsp3) is 0.182. The van der Waals surface area contributed by atoms with E-state index in [-0.39, 0.29) is 11.5 Å². The molecule has 1 aromatic carbocycles. The fourth-order valence-electron chi connectivity index (χ4n) is 0.994. The van der Waals surface area contributed by atoms with Crippen LogP contribution in [0.2, 0.25) is 0 Å². The molecule has 0 saturated carbocycles. The molecule has 0 amide bonds. The molecular weight excluding hydrogens is 221 g/mol. The van der Waals surface area contributed by atoms with Crippen molar-refractivity contribution in [1.82, 2.24) is 0 Å². The van der Waals surface area contributed by atoms with Crippen LogP contribution in [-0.4, -0.2) is 12.1 Å². The standard InChI is InChI=1S/C11H9F3O2/c1-8(15)2-3-9-4-6-10(7-5-9)16-11(12,13)14/h2-7H,1H3. The lowest BCUT2D eigenvalue weighted by atomic mass is 10.2. The van der Waals surface area contributed by atoms with Gasteiger partial charge in [0.15, 0.2) is 5.78 Å². The van der Waals surface area contributed by atoms with Crippen LogP contribution in [-0.2, 0) is 4.79 Å². The van der Waals surface area contributed by atoms with Crippen molar-refractivity contribution in [3.63, 3.8) is 0 Å². The van der Waals surface area contributed by atoms with Crippen LogP contribution in [0.1, 0.15) is 12.5 Å². The van der Waals surface area contributed by atoms with Crippen molar-refractivity contribution in [2.75, 3.05) is 0 Å². The first-order valence-electron chi connectivity index (χ1n) is 4.41. The molecule has 0 aliphatic carbocycles. The summed E-state index contributed by atoms with van der Waals surface area (Å²) in [4.78, 5) is 10.6. The van der Waals surface area contributed by atoms with Gasteiger partial charge in [0.25, 0.3) is 0 Å². The largest absolute Gasteiger partial charge is 0.573 e. The molecule has 86 valence electrons. The lowest BCUT2D eigenvalue weighted by molar-refractivity contribution is -0.274. The maximum absolute atomic E-state index is 11.8. The van der Waals surface area contributed by atoms with Crippen molar-refractivity contribution in [2.45, 2.75) is 13.3 Å². The summed E-state index contributed by atoms with van der Waals surface area (Å²) >= 11 is 0. The highest BCUT2D eigenvalue weighted by molar-refractivity contribution is 5.91. The topological polar surface area (TPSA) is 26.3 Å². The summed E-state index contributed by atoms with van der Waals surface area (Å²) in [5.74, 6) is -0.414. The highest BCUT2D eigenvalue weighted by Gasteiger charge is 2.30. The van der Waals surface area contributed by atoms with E-state index in [0.29, 0.717) is 5.56 Å². The number of ether oxygens (including phenoxy) is 1. The molecular formula is C11H9F3O2. The number of benzene rings is 1. The highest BCUT2D eigenvalue weighted by Crippen LogP contribution is 2.22. The van der Waals surface area contributed by atoms with E-state index >= 15 is 0 Å². The van der Waals surface area contributed by atoms with Gasteiger partial charge in [-0.05, 0) is 30.7 Å². The average Bonchev–Trinajstić information content (AvgIpc) is 2.14. The smallest absolute Gasteiger partial charge is 0.406 e. The number of halogens is 3. The van der Waals surface area contributed by atoms with E-state index in [2.05, 4.69) is 4.74 Å². The summed E-state index contributed by atoms with van der Waals surface area (Å²) in [5.41, 5.74) is 0.629. The molecule has 0 atom stereocenters. The maximum Gasteiger partial charge on any atom is 0.573 e. The molecule has 0 spiro atoms. The molecule has 0 aliphatic heterocycles. The van der Waals surface area contributed by atoms with E-state index in [0.717, 1.165) is 0 Å². The minimum absolute atomic E-state index is 0.129. The van der Waals surface area contributed by atoms with Crippen molar-refractivity contribution in [3.05, 3.63) is 35.9 Å². The van der Waals surface area contributed by atoms with E-state index < -0.39 is 6.36 Å². The zero-order valence-electron chi connectivity index (χ0n) is 8.41. The average molecular weight is 230 g/mol. The summed E-state index contributed by atoms with van der Waals surface area (Å²) in [6, 6.07) is 5.24. The van der Waals surface area contributed by atoms with Crippen LogP contribution in [0.4, 0.5) is 13.2 Å². The first-order chi connectivity index (χ1) is 7.37. The van der Waals surface area contributed by atoms with Crippen LogP contribution in [0.15, 0.2) is 30.3 Å². The van der Waals surface area contributed by atoms with Crippen molar-refractivity contribution in [3.8, 4) is 5.75 Å². The second kappa shape index (κ2) is 4.83. The molecule has 0 radical (unpaired) electrons. The third-order valence-electron chi connectivity index (χ3n) is 1.62. The summed E-state index contributed by atoms with van der Waals surface area (Å²) in [5, 5.41) is 0. The van der Waals surface area contributed by atoms with Gasteiger partial charge in [0, 0.05) is 0 Å². The van der Waals surface area contributed by atoms with Crippen LogP contribution in [0.25, 0.3) is 6.08 Å². The van der Waals surface area contributed by atoms with Crippen LogP contribution < -0.4 is 4.74 Å². The number of hydrogen-bond acceptors (Lipinski definition) is 2. The Bertz CT molecular complexity index is 391. The van der Waals surface area contributed by atoms with Crippen molar-refractivity contribution >= 4 is 11.9 Å². The zero-order chi connectivity index (χ0) is 12.2. The van der Waals surface area contributed by atoms with E-state index in [1.165, 1.54) is 43.3 Å². The quantitative estimate of drug-likeness (QED) is 0.745. The molecule has 0 N–H and O–H groups in total. The second-order valence-electron chi connectivity index (χ2n) is 3.06. The lowest BCUT2D eigenvalue weighted by Crippen LogP contribution is -2.16. The summed E-state index contributed by atoms with van der Waals surface area (Å²) < 4.78 is 39.1. The zero-order valence-corrected chi connectivity index (χ0v) is 8.41. The molecule has 5 heteroatoms. The number of allylic oxidation sites excluding steroid dienone is 1. The molecule has 0 aromatic heterocycles. The first kappa shape index (κ1) is 12.3. The van der Waals surface area contributed by atoms with E-state index in [9.17, 15) is 18.0 Å². The van der Waals surface area contributed by atoms with Gasteiger partial charge in [0.1, 0.15) is 5.75 Å². The normalized spacial score (nSPS) is 11.8. The van der Waals surface area contributed by atoms with E-state index in [4.69, 9.17) is 0 Å².